The van der Waals surface area contributed by atoms with Gasteiger partial charge in [-0.3, -0.25) is 9.36 Å². The van der Waals surface area contributed by atoms with Gasteiger partial charge in [-0.2, -0.15) is 0 Å². The van der Waals surface area contributed by atoms with E-state index in [1.807, 2.05) is 18.2 Å². The highest BCUT2D eigenvalue weighted by Gasteiger charge is 2.06. The van der Waals surface area contributed by atoms with Gasteiger partial charge in [-0.05, 0) is 29.7 Å². The lowest BCUT2D eigenvalue weighted by Crippen LogP contribution is -2.17. The average molecular weight is 254 g/mol. The Morgan fingerprint density at radius 3 is 2.63 bits per heavy atom. The van der Waals surface area contributed by atoms with Crippen molar-refractivity contribution in [2.24, 2.45) is 0 Å². The second kappa shape index (κ2) is 4.24. The number of hydrogen-bond donors (Lipinski definition) is 1. The maximum atomic E-state index is 13.5. The van der Waals surface area contributed by atoms with E-state index in [2.05, 4.69) is 0 Å². The molecule has 0 saturated heterocycles. The Balaban J connectivity index is 2.28. The van der Waals surface area contributed by atoms with Crippen molar-refractivity contribution in [3.05, 3.63) is 70.9 Å². The summed E-state index contributed by atoms with van der Waals surface area (Å²) in [5.74, 6) is -0.530. The average Bonchev–Trinajstić information content (AvgIpc) is 2.43. The first kappa shape index (κ1) is 11.5. The van der Waals surface area contributed by atoms with E-state index in [4.69, 9.17) is 5.73 Å². The Morgan fingerprint density at radius 2 is 1.84 bits per heavy atom. The third kappa shape index (κ3) is 1.87. The van der Waals surface area contributed by atoms with Crippen molar-refractivity contribution in [3.8, 4) is 5.69 Å². The van der Waals surface area contributed by atoms with Crippen LogP contribution >= 0.6 is 0 Å². The summed E-state index contributed by atoms with van der Waals surface area (Å²) < 4.78 is 14.9. The molecular formula is C15H11FN2O. The standard InChI is InChI=1S/C15H11FN2O/c16-13-9-11(5-6-14(13)17)18-8-7-10-3-1-2-4-12(10)15(18)19/h1-9H,17H2. The van der Waals surface area contributed by atoms with Gasteiger partial charge in [0, 0.05) is 17.6 Å². The fourth-order valence-corrected chi connectivity index (χ4v) is 2.06. The van der Waals surface area contributed by atoms with E-state index in [0.29, 0.717) is 11.1 Å². The zero-order chi connectivity index (χ0) is 13.4. The molecule has 0 unspecified atom stereocenters. The fraction of sp³-hybridized carbons (Fsp3) is 0. The molecule has 94 valence electrons. The minimum Gasteiger partial charge on any atom is -0.396 e. The second-order valence-electron chi connectivity index (χ2n) is 4.28. The largest absolute Gasteiger partial charge is 0.396 e. The van der Waals surface area contributed by atoms with Crippen LogP contribution in [0.1, 0.15) is 0 Å². The lowest BCUT2D eigenvalue weighted by atomic mass is 10.1. The van der Waals surface area contributed by atoms with Crippen molar-refractivity contribution in [1.82, 2.24) is 4.57 Å². The Morgan fingerprint density at radius 1 is 1.05 bits per heavy atom. The molecule has 0 amide bonds. The zero-order valence-electron chi connectivity index (χ0n) is 10.0. The minimum absolute atomic E-state index is 0.0672. The zero-order valence-corrected chi connectivity index (χ0v) is 10.0. The minimum atomic E-state index is -0.530. The van der Waals surface area contributed by atoms with Gasteiger partial charge in [-0.1, -0.05) is 18.2 Å². The summed E-state index contributed by atoms with van der Waals surface area (Å²) in [4.78, 5) is 12.3. The summed E-state index contributed by atoms with van der Waals surface area (Å²) >= 11 is 0. The number of nitrogens with two attached hydrogens (primary N) is 1. The number of hydrogen-bond acceptors (Lipinski definition) is 2. The molecule has 0 aliphatic rings. The number of halogens is 1. The Kier molecular flexibility index (Phi) is 2.56. The number of nitrogen functional groups attached to an aromatic ring is 1. The van der Waals surface area contributed by atoms with Crippen molar-refractivity contribution in [2.75, 3.05) is 5.73 Å². The molecule has 1 aromatic heterocycles. The summed E-state index contributed by atoms with van der Waals surface area (Å²) in [5, 5.41) is 1.46. The Labute approximate surface area is 108 Å². The van der Waals surface area contributed by atoms with E-state index < -0.39 is 5.82 Å². The van der Waals surface area contributed by atoms with Crippen LogP contribution in [-0.4, -0.2) is 4.57 Å². The van der Waals surface area contributed by atoms with Crippen LogP contribution < -0.4 is 11.3 Å². The number of fused-ring (bicyclic) bond motifs is 1. The molecule has 3 rings (SSSR count). The molecule has 2 aromatic carbocycles. The molecule has 2 N–H and O–H groups in total. The second-order valence-corrected chi connectivity index (χ2v) is 4.28. The fourth-order valence-electron chi connectivity index (χ4n) is 2.06. The van der Waals surface area contributed by atoms with Crippen LogP contribution in [0.5, 0.6) is 0 Å². The molecule has 0 atom stereocenters. The van der Waals surface area contributed by atoms with Crippen LogP contribution in [0.4, 0.5) is 10.1 Å². The van der Waals surface area contributed by atoms with Gasteiger partial charge in [0.1, 0.15) is 5.82 Å². The maximum Gasteiger partial charge on any atom is 0.262 e. The summed E-state index contributed by atoms with van der Waals surface area (Å²) in [6.07, 6.45) is 1.63. The topological polar surface area (TPSA) is 48.0 Å². The van der Waals surface area contributed by atoms with E-state index >= 15 is 0 Å². The van der Waals surface area contributed by atoms with Crippen LogP contribution in [0.25, 0.3) is 16.5 Å². The predicted molar refractivity (Wildman–Crippen MR) is 73.9 cm³/mol. The monoisotopic (exact) mass is 254 g/mol. The normalized spacial score (nSPS) is 10.8. The molecule has 0 aliphatic heterocycles. The van der Waals surface area contributed by atoms with Crippen molar-refractivity contribution >= 4 is 16.5 Å². The van der Waals surface area contributed by atoms with Gasteiger partial charge in [-0.25, -0.2) is 4.39 Å². The molecule has 0 fully saturated rings. The van der Waals surface area contributed by atoms with Crippen LogP contribution in [0.15, 0.2) is 59.5 Å². The highest BCUT2D eigenvalue weighted by molar-refractivity contribution is 5.81. The molecule has 0 radical (unpaired) electrons. The van der Waals surface area contributed by atoms with Crippen LogP contribution in [0, 0.1) is 5.82 Å². The van der Waals surface area contributed by atoms with Gasteiger partial charge in [0.15, 0.2) is 0 Å². The lowest BCUT2D eigenvalue weighted by molar-refractivity contribution is 0.631. The van der Waals surface area contributed by atoms with E-state index in [9.17, 15) is 9.18 Å². The third-order valence-corrected chi connectivity index (χ3v) is 3.08. The van der Waals surface area contributed by atoms with Crippen molar-refractivity contribution in [1.29, 1.82) is 0 Å². The molecular weight excluding hydrogens is 243 g/mol. The Hall–Kier alpha value is -2.62. The first-order valence-electron chi connectivity index (χ1n) is 5.82. The van der Waals surface area contributed by atoms with Gasteiger partial charge in [-0.15, -0.1) is 0 Å². The number of rotatable bonds is 1. The number of nitrogens with zero attached hydrogens (tertiary/aromatic N) is 1. The SMILES string of the molecule is Nc1ccc(-n2ccc3ccccc3c2=O)cc1F. The van der Waals surface area contributed by atoms with Crippen molar-refractivity contribution < 1.29 is 4.39 Å². The summed E-state index contributed by atoms with van der Waals surface area (Å²) in [6.45, 7) is 0. The van der Waals surface area contributed by atoms with Gasteiger partial charge in [0.2, 0.25) is 0 Å². The molecule has 3 aromatic rings. The quantitative estimate of drug-likeness (QED) is 0.679. The molecule has 0 bridgehead atoms. The summed E-state index contributed by atoms with van der Waals surface area (Å²) in [7, 11) is 0. The number of pyridine rings is 1. The van der Waals surface area contributed by atoms with Crippen LogP contribution in [-0.2, 0) is 0 Å². The summed E-state index contributed by atoms with van der Waals surface area (Å²) in [6, 6.07) is 13.4. The van der Waals surface area contributed by atoms with E-state index in [1.165, 1.54) is 16.7 Å². The molecule has 0 aliphatic carbocycles. The number of benzene rings is 2. The number of anilines is 1. The first-order valence-corrected chi connectivity index (χ1v) is 5.82. The third-order valence-electron chi connectivity index (χ3n) is 3.08. The Bertz CT molecular complexity index is 824. The van der Waals surface area contributed by atoms with Gasteiger partial charge in [0.25, 0.3) is 5.56 Å². The molecule has 1 heterocycles. The highest BCUT2D eigenvalue weighted by Crippen LogP contribution is 2.16. The molecule has 4 heteroatoms. The highest BCUT2D eigenvalue weighted by atomic mass is 19.1. The smallest absolute Gasteiger partial charge is 0.262 e. The number of aromatic nitrogens is 1. The van der Waals surface area contributed by atoms with E-state index in [-0.39, 0.29) is 11.2 Å². The van der Waals surface area contributed by atoms with E-state index in [0.717, 1.165) is 5.39 Å². The lowest BCUT2D eigenvalue weighted by Gasteiger charge is -2.08. The molecule has 0 saturated carbocycles. The van der Waals surface area contributed by atoms with Crippen LogP contribution in [0.2, 0.25) is 0 Å². The van der Waals surface area contributed by atoms with Crippen LogP contribution in [0.3, 0.4) is 0 Å². The predicted octanol–water partition coefficient (Wildman–Crippen LogP) is 2.71. The van der Waals surface area contributed by atoms with Gasteiger partial charge >= 0.3 is 0 Å². The van der Waals surface area contributed by atoms with Crippen molar-refractivity contribution in [2.45, 2.75) is 0 Å². The van der Waals surface area contributed by atoms with Gasteiger partial charge in [0.05, 0.1) is 11.4 Å². The molecule has 3 nitrogen and oxygen atoms in total. The molecule has 19 heavy (non-hydrogen) atoms. The maximum absolute atomic E-state index is 13.5. The summed E-state index contributed by atoms with van der Waals surface area (Å²) in [5.41, 5.74) is 5.78. The van der Waals surface area contributed by atoms with E-state index in [1.54, 1.807) is 24.4 Å². The molecule has 0 spiro atoms. The first-order chi connectivity index (χ1) is 9.16. The van der Waals surface area contributed by atoms with Crippen molar-refractivity contribution in [3.63, 3.8) is 0 Å². The van der Waals surface area contributed by atoms with Gasteiger partial charge < -0.3 is 5.73 Å².